The molecule has 1 aliphatic heterocycles. The molecule has 0 aromatic heterocycles. The highest BCUT2D eigenvalue weighted by atomic mass is 32.2. The lowest BCUT2D eigenvalue weighted by Crippen LogP contribution is -2.45. The van der Waals surface area contributed by atoms with E-state index in [-0.39, 0.29) is 29.2 Å². The Hall–Kier alpha value is -2.16. The Morgan fingerprint density at radius 3 is 2.59 bits per heavy atom. The van der Waals surface area contributed by atoms with E-state index >= 15 is 0 Å². The SMILES string of the molecule is COc1ccc(C(=O)NNC(=O)[C@H]2CCS(=O)(=O)C2)c(F)c1. The van der Waals surface area contributed by atoms with Crippen LogP contribution in [0.25, 0.3) is 0 Å². The zero-order valence-corrected chi connectivity index (χ0v) is 12.6. The van der Waals surface area contributed by atoms with Gasteiger partial charge in [-0.25, -0.2) is 12.8 Å². The zero-order valence-electron chi connectivity index (χ0n) is 11.8. The van der Waals surface area contributed by atoms with Crippen LogP contribution in [-0.4, -0.2) is 38.8 Å². The molecule has 2 amide bonds. The van der Waals surface area contributed by atoms with Crippen LogP contribution in [0.4, 0.5) is 4.39 Å². The van der Waals surface area contributed by atoms with Crippen LogP contribution in [0.3, 0.4) is 0 Å². The van der Waals surface area contributed by atoms with Gasteiger partial charge < -0.3 is 4.74 Å². The second kappa shape index (κ2) is 6.30. The predicted octanol–water partition coefficient (Wildman–Crippen LogP) is 0.0300. The number of hydrazine groups is 1. The minimum absolute atomic E-state index is 0.0495. The first-order chi connectivity index (χ1) is 10.3. The molecule has 1 aliphatic rings. The summed E-state index contributed by atoms with van der Waals surface area (Å²) in [5, 5.41) is 0. The number of rotatable bonds is 3. The smallest absolute Gasteiger partial charge is 0.272 e. The van der Waals surface area contributed by atoms with Gasteiger partial charge in [-0.3, -0.25) is 20.4 Å². The van der Waals surface area contributed by atoms with Crippen LogP contribution in [0.1, 0.15) is 16.8 Å². The molecular weight excluding hydrogens is 315 g/mol. The number of halogens is 1. The lowest BCUT2D eigenvalue weighted by molar-refractivity contribution is -0.125. The van der Waals surface area contributed by atoms with Gasteiger partial charge in [0.25, 0.3) is 5.91 Å². The van der Waals surface area contributed by atoms with E-state index in [9.17, 15) is 22.4 Å². The summed E-state index contributed by atoms with van der Waals surface area (Å²) >= 11 is 0. The molecule has 1 atom stereocenters. The molecule has 120 valence electrons. The van der Waals surface area contributed by atoms with Gasteiger partial charge in [-0.05, 0) is 18.6 Å². The molecular formula is C13H15FN2O5S. The van der Waals surface area contributed by atoms with Crippen LogP contribution < -0.4 is 15.6 Å². The first-order valence-electron chi connectivity index (χ1n) is 6.46. The van der Waals surface area contributed by atoms with Crippen molar-refractivity contribution in [1.82, 2.24) is 10.9 Å². The van der Waals surface area contributed by atoms with Crippen LogP contribution in [0.2, 0.25) is 0 Å². The molecule has 7 nitrogen and oxygen atoms in total. The average Bonchev–Trinajstić information content (AvgIpc) is 2.84. The maximum atomic E-state index is 13.7. The summed E-state index contributed by atoms with van der Waals surface area (Å²) in [6.07, 6.45) is 0.209. The third-order valence-electron chi connectivity index (χ3n) is 3.32. The zero-order chi connectivity index (χ0) is 16.3. The van der Waals surface area contributed by atoms with Crippen molar-refractivity contribution in [3.63, 3.8) is 0 Å². The quantitative estimate of drug-likeness (QED) is 0.762. The van der Waals surface area contributed by atoms with E-state index < -0.39 is 33.4 Å². The lowest BCUT2D eigenvalue weighted by atomic mass is 10.1. The molecule has 1 heterocycles. The summed E-state index contributed by atoms with van der Waals surface area (Å²) in [6.45, 7) is 0. The van der Waals surface area contributed by atoms with E-state index in [1.807, 2.05) is 0 Å². The standard InChI is InChI=1S/C13H15FN2O5S/c1-21-9-2-3-10(11(14)6-9)13(18)16-15-12(17)8-4-5-22(19,20)7-8/h2-3,6,8H,4-5,7H2,1H3,(H,15,17)(H,16,18)/t8-/m0/s1. The topological polar surface area (TPSA) is 102 Å². The number of carbonyl (C=O) groups is 2. The van der Waals surface area contributed by atoms with Gasteiger partial charge in [0.1, 0.15) is 11.6 Å². The predicted molar refractivity (Wildman–Crippen MR) is 75.3 cm³/mol. The molecule has 9 heteroatoms. The van der Waals surface area contributed by atoms with Gasteiger partial charge in [0.2, 0.25) is 5.91 Å². The number of ether oxygens (including phenoxy) is 1. The van der Waals surface area contributed by atoms with Gasteiger partial charge in [0.05, 0.1) is 30.1 Å². The van der Waals surface area contributed by atoms with Crippen LogP contribution in [-0.2, 0) is 14.6 Å². The van der Waals surface area contributed by atoms with Crippen molar-refractivity contribution in [2.24, 2.45) is 5.92 Å². The Morgan fingerprint density at radius 1 is 1.32 bits per heavy atom. The van der Waals surface area contributed by atoms with E-state index in [1.165, 1.54) is 19.2 Å². The van der Waals surface area contributed by atoms with Gasteiger partial charge in [-0.15, -0.1) is 0 Å². The maximum Gasteiger partial charge on any atom is 0.272 e. The van der Waals surface area contributed by atoms with E-state index in [0.29, 0.717) is 0 Å². The summed E-state index contributed by atoms with van der Waals surface area (Å²) in [6, 6.07) is 3.67. The molecule has 1 saturated heterocycles. The molecule has 0 unspecified atom stereocenters. The fraction of sp³-hybridized carbons (Fsp3) is 0.385. The van der Waals surface area contributed by atoms with E-state index in [2.05, 4.69) is 10.9 Å². The first-order valence-corrected chi connectivity index (χ1v) is 8.28. The Bertz CT molecular complexity index is 704. The van der Waals surface area contributed by atoms with E-state index in [0.717, 1.165) is 6.07 Å². The monoisotopic (exact) mass is 330 g/mol. The molecule has 0 spiro atoms. The van der Waals surface area contributed by atoms with Gasteiger partial charge >= 0.3 is 0 Å². The Balaban J connectivity index is 1.94. The van der Waals surface area contributed by atoms with Crippen molar-refractivity contribution < 1.29 is 27.1 Å². The van der Waals surface area contributed by atoms with Crippen molar-refractivity contribution in [2.75, 3.05) is 18.6 Å². The van der Waals surface area contributed by atoms with Gasteiger partial charge in [0, 0.05) is 6.07 Å². The molecule has 1 fully saturated rings. The molecule has 0 saturated carbocycles. The molecule has 1 aromatic rings. The summed E-state index contributed by atoms with van der Waals surface area (Å²) in [7, 11) is -1.83. The average molecular weight is 330 g/mol. The van der Waals surface area contributed by atoms with Crippen molar-refractivity contribution in [3.8, 4) is 5.75 Å². The number of hydrogen-bond acceptors (Lipinski definition) is 5. The number of methoxy groups -OCH3 is 1. The number of sulfone groups is 1. The third-order valence-corrected chi connectivity index (χ3v) is 5.09. The summed E-state index contributed by atoms with van der Waals surface area (Å²) < 4.78 is 41.1. The molecule has 2 N–H and O–H groups in total. The Kier molecular flexibility index (Phi) is 4.65. The number of carbonyl (C=O) groups excluding carboxylic acids is 2. The highest BCUT2D eigenvalue weighted by Gasteiger charge is 2.33. The molecule has 0 bridgehead atoms. The van der Waals surface area contributed by atoms with Gasteiger partial charge in [-0.1, -0.05) is 0 Å². The highest BCUT2D eigenvalue weighted by molar-refractivity contribution is 7.91. The summed E-state index contributed by atoms with van der Waals surface area (Å²) in [5.41, 5.74) is 3.92. The minimum Gasteiger partial charge on any atom is -0.497 e. The fourth-order valence-corrected chi connectivity index (χ4v) is 3.84. The molecule has 2 rings (SSSR count). The maximum absolute atomic E-state index is 13.7. The van der Waals surface area contributed by atoms with Crippen LogP contribution in [0.5, 0.6) is 5.75 Å². The number of amides is 2. The molecule has 0 radical (unpaired) electrons. The van der Waals surface area contributed by atoms with Crippen LogP contribution in [0.15, 0.2) is 18.2 Å². The summed E-state index contributed by atoms with van der Waals surface area (Å²) in [5.74, 6) is -2.98. The van der Waals surface area contributed by atoms with Crippen molar-refractivity contribution in [3.05, 3.63) is 29.6 Å². The van der Waals surface area contributed by atoms with Gasteiger partial charge in [-0.2, -0.15) is 0 Å². The van der Waals surface area contributed by atoms with E-state index in [4.69, 9.17) is 4.74 Å². The van der Waals surface area contributed by atoms with Crippen molar-refractivity contribution in [1.29, 1.82) is 0 Å². The largest absolute Gasteiger partial charge is 0.497 e. The van der Waals surface area contributed by atoms with Crippen molar-refractivity contribution >= 4 is 21.7 Å². The number of benzene rings is 1. The second-order valence-electron chi connectivity index (χ2n) is 4.89. The molecule has 0 aliphatic carbocycles. The highest BCUT2D eigenvalue weighted by Crippen LogP contribution is 2.18. The van der Waals surface area contributed by atoms with Crippen LogP contribution >= 0.6 is 0 Å². The fourth-order valence-electron chi connectivity index (χ4n) is 2.10. The van der Waals surface area contributed by atoms with Gasteiger partial charge in [0.15, 0.2) is 9.84 Å². The third kappa shape index (κ3) is 3.73. The van der Waals surface area contributed by atoms with Crippen molar-refractivity contribution in [2.45, 2.75) is 6.42 Å². The summed E-state index contributed by atoms with van der Waals surface area (Å²) in [4.78, 5) is 23.5. The molecule has 1 aromatic carbocycles. The Morgan fingerprint density at radius 2 is 2.05 bits per heavy atom. The lowest BCUT2D eigenvalue weighted by Gasteiger charge is -2.11. The molecule has 22 heavy (non-hydrogen) atoms. The minimum atomic E-state index is -3.19. The first kappa shape index (κ1) is 16.2. The van der Waals surface area contributed by atoms with E-state index in [1.54, 1.807) is 0 Å². The second-order valence-corrected chi connectivity index (χ2v) is 7.12. The number of nitrogens with one attached hydrogen (secondary N) is 2. The Labute approximate surface area is 126 Å². The normalized spacial score (nSPS) is 19.5. The number of hydrogen-bond donors (Lipinski definition) is 2. The van der Waals surface area contributed by atoms with Crippen LogP contribution in [0, 0.1) is 11.7 Å².